The molecule has 0 aliphatic carbocycles. The molecule has 0 amide bonds. The molecular weight excluding hydrogens is 148 g/mol. The zero-order chi connectivity index (χ0) is 8.97. The highest BCUT2D eigenvalue weighted by atomic mass is 14.6. The summed E-state index contributed by atoms with van der Waals surface area (Å²) >= 11 is 0. The van der Waals surface area contributed by atoms with Crippen LogP contribution in [0.15, 0.2) is 30.9 Å². The van der Waals surface area contributed by atoms with E-state index in [4.69, 9.17) is 11.5 Å². The van der Waals surface area contributed by atoms with Gasteiger partial charge in [0, 0.05) is 12.2 Å². The Morgan fingerprint density at radius 1 is 1.42 bits per heavy atom. The lowest BCUT2D eigenvalue weighted by atomic mass is 10.1. The van der Waals surface area contributed by atoms with Gasteiger partial charge in [-0.05, 0) is 23.6 Å². The van der Waals surface area contributed by atoms with Crippen molar-refractivity contribution in [2.45, 2.75) is 13.0 Å². The van der Waals surface area contributed by atoms with Crippen LogP contribution in [0.25, 0.3) is 0 Å². The molecule has 0 aliphatic rings. The van der Waals surface area contributed by atoms with E-state index < -0.39 is 0 Å². The summed E-state index contributed by atoms with van der Waals surface area (Å²) in [6.07, 6.45) is 2.66. The van der Waals surface area contributed by atoms with Gasteiger partial charge in [0.25, 0.3) is 0 Å². The lowest BCUT2D eigenvalue weighted by Gasteiger charge is -2.04. The minimum absolute atomic E-state index is 0.540. The fourth-order valence-corrected chi connectivity index (χ4v) is 1.11. The molecule has 0 aromatic heterocycles. The molecule has 0 saturated heterocycles. The van der Waals surface area contributed by atoms with Crippen molar-refractivity contribution in [2.24, 2.45) is 5.73 Å². The number of nitrogen functional groups attached to an aromatic ring is 1. The number of benzene rings is 1. The van der Waals surface area contributed by atoms with Gasteiger partial charge < -0.3 is 11.5 Å². The average molecular weight is 162 g/mol. The van der Waals surface area contributed by atoms with Gasteiger partial charge in [-0.1, -0.05) is 18.2 Å². The van der Waals surface area contributed by atoms with Crippen molar-refractivity contribution in [3.63, 3.8) is 0 Å². The van der Waals surface area contributed by atoms with E-state index in [1.165, 1.54) is 0 Å². The van der Waals surface area contributed by atoms with Crippen molar-refractivity contribution in [3.8, 4) is 0 Å². The van der Waals surface area contributed by atoms with Crippen LogP contribution in [0, 0.1) is 0 Å². The Kier molecular flexibility index (Phi) is 2.88. The first-order valence-corrected chi connectivity index (χ1v) is 3.96. The van der Waals surface area contributed by atoms with E-state index in [0.717, 1.165) is 23.2 Å². The molecule has 0 spiro atoms. The van der Waals surface area contributed by atoms with E-state index in [9.17, 15) is 0 Å². The van der Waals surface area contributed by atoms with Crippen molar-refractivity contribution in [2.75, 3.05) is 5.73 Å². The maximum absolute atomic E-state index is 5.78. The molecule has 2 nitrogen and oxygen atoms in total. The van der Waals surface area contributed by atoms with Crippen LogP contribution in [0.4, 0.5) is 5.69 Å². The molecule has 0 saturated carbocycles. The Hall–Kier alpha value is -1.28. The van der Waals surface area contributed by atoms with Crippen molar-refractivity contribution < 1.29 is 0 Å². The molecule has 0 fully saturated rings. The summed E-state index contributed by atoms with van der Waals surface area (Å²) < 4.78 is 0. The Labute approximate surface area is 72.9 Å². The smallest absolute Gasteiger partial charge is 0.0352 e. The first kappa shape index (κ1) is 8.81. The maximum atomic E-state index is 5.78. The van der Waals surface area contributed by atoms with Crippen LogP contribution in [0.2, 0.25) is 0 Å². The van der Waals surface area contributed by atoms with Crippen LogP contribution in [0.3, 0.4) is 0 Å². The predicted octanol–water partition coefficient (Wildman–Crippen LogP) is 1.46. The largest absolute Gasteiger partial charge is 0.398 e. The normalized spacial score (nSPS) is 9.75. The van der Waals surface area contributed by atoms with E-state index in [2.05, 4.69) is 6.58 Å². The molecule has 2 heteroatoms. The summed E-state index contributed by atoms with van der Waals surface area (Å²) in [5, 5.41) is 0. The highest BCUT2D eigenvalue weighted by Gasteiger charge is 1.97. The number of allylic oxidation sites excluding steroid dienone is 1. The Bertz CT molecular complexity index is 279. The van der Waals surface area contributed by atoms with E-state index in [1.54, 1.807) is 0 Å². The SMILES string of the molecule is C=CCc1ccc(CN)cc1N. The van der Waals surface area contributed by atoms with Crippen molar-refractivity contribution in [3.05, 3.63) is 42.0 Å². The van der Waals surface area contributed by atoms with Crippen LogP contribution in [0.5, 0.6) is 0 Å². The minimum atomic E-state index is 0.540. The predicted molar refractivity (Wildman–Crippen MR) is 52.6 cm³/mol. The summed E-state index contributed by atoms with van der Waals surface area (Å²) in [5.74, 6) is 0. The summed E-state index contributed by atoms with van der Waals surface area (Å²) in [7, 11) is 0. The molecule has 1 aromatic rings. The fourth-order valence-electron chi connectivity index (χ4n) is 1.11. The van der Waals surface area contributed by atoms with E-state index >= 15 is 0 Å². The topological polar surface area (TPSA) is 52.0 Å². The molecule has 0 aliphatic heterocycles. The molecule has 4 N–H and O–H groups in total. The molecule has 0 heterocycles. The number of rotatable bonds is 3. The lowest BCUT2D eigenvalue weighted by Crippen LogP contribution is -1.99. The third-order valence-corrected chi connectivity index (χ3v) is 1.81. The number of hydrogen-bond acceptors (Lipinski definition) is 2. The van der Waals surface area contributed by atoms with Crippen LogP contribution < -0.4 is 11.5 Å². The second kappa shape index (κ2) is 3.93. The van der Waals surface area contributed by atoms with Gasteiger partial charge in [0.15, 0.2) is 0 Å². The molecule has 64 valence electrons. The summed E-state index contributed by atoms with van der Waals surface area (Å²) in [6, 6.07) is 5.91. The van der Waals surface area contributed by atoms with Crippen LogP contribution in [-0.4, -0.2) is 0 Å². The first-order chi connectivity index (χ1) is 5.77. The van der Waals surface area contributed by atoms with E-state index in [-0.39, 0.29) is 0 Å². The second-order valence-electron chi connectivity index (χ2n) is 2.73. The zero-order valence-corrected chi connectivity index (χ0v) is 7.09. The van der Waals surface area contributed by atoms with Crippen molar-refractivity contribution in [1.82, 2.24) is 0 Å². The average Bonchev–Trinajstić information content (AvgIpc) is 2.09. The van der Waals surface area contributed by atoms with E-state index in [1.807, 2.05) is 24.3 Å². The monoisotopic (exact) mass is 162 g/mol. The minimum Gasteiger partial charge on any atom is -0.398 e. The molecule has 12 heavy (non-hydrogen) atoms. The van der Waals surface area contributed by atoms with Gasteiger partial charge in [0.2, 0.25) is 0 Å². The number of hydrogen-bond donors (Lipinski definition) is 2. The van der Waals surface area contributed by atoms with Crippen LogP contribution in [-0.2, 0) is 13.0 Å². The third-order valence-electron chi connectivity index (χ3n) is 1.81. The highest BCUT2D eigenvalue weighted by molar-refractivity contribution is 5.49. The van der Waals surface area contributed by atoms with Crippen molar-refractivity contribution >= 4 is 5.69 Å². The van der Waals surface area contributed by atoms with E-state index in [0.29, 0.717) is 6.54 Å². The van der Waals surface area contributed by atoms with Gasteiger partial charge in [-0.15, -0.1) is 6.58 Å². The van der Waals surface area contributed by atoms with Gasteiger partial charge in [-0.3, -0.25) is 0 Å². The first-order valence-electron chi connectivity index (χ1n) is 3.96. The fraction of sp³-hybridized carbons (Fsp3) is 0.200. The second-order valence-corrected chi connectivity index (χ2v) is 2.73. The molecule has 1 aromatic carbocycles. The molecule has 0 bridgehead atoms. The molecule has 0 unspecified atom stereocenters. The third kappa shape index (κ3) is 1.86. The van der Waals surface area contributed by atoms with Gasteiger partial charge in [0.05, 0.1) is 0 Å². The van der Waals surface area contributed by atoms with Gasteiger partial charge in [0.1, 0.15) is 0 Å². The maximum Gasteiger partial charge on any atom is 0.0352 e. The van der Waals surface area contributed by atoms with Gasteiger partial charge >= 0.3 is 0 Å². The number of nitrogens with two attached hydrogens (primary N) is 2. The lowest BCUT2D eigenvalue weighted by molar-refractivity contribution is 1.07. The quantitative estimate of drug-likeness (QED) is 0.522. The van der Waals surface area contributed by atoms with Crippen molar-refractivity contribution in [1.29, 1.82) is 0 Å². The molecule has 0 radical (unpaired) electrons. The highest BCUT2D eigenvalue weighted by Crippen LogP contribution is 2.14. The van der Waals surface area contributed by atoms with Crippen LogP contribution >= 0.6 is 0 Å². The summed E-state index contributed by atoms with van der Waals surface area (Å²) in [5.41, 5.74) is 14.2. The zero-order valence-electron chi connectivity index (χ0n) is 7.09. The van der Waals surface area contributed by atoms with Gasteiger partial charge in [-0.2, -0.15) is 0 Å². The molecule has 0 atom stereocenters. The van der Waals surface area contributed by atoms with Crippen LogP contribution in [0.1, 0.15) is 11.1 Å². The number of anilines is 1. The molecule has 1 rings (SSSR count). The standard InChI is InChI=1S/C10H14N2/c1-2-3-9-5-4-8(7-11)6-10(9)12/h2,4-6H,1,3,7,11-12H2. The Balaban J connectivity index is 2.94. The Morgan fingerprint density at radius 3 is 2.67 bits per heavy atom. The molecular formula is C10H14N2. The van der Waals surface area contributed by atoms with Gasteiger partial charge in [-0.25, -0.2) is 0 Å². The summed E-state index contributed by atoms with van der Waals surface area (Å²) in [4.78, 5) is 0. The summed E-state index contributed by atoms with van der Waals surface area (Å²) in [6.45, 7) is 4.20. The Morgan fingerprint density at radius 2 is 2.17 bits per heavy atom.